The van der Waals surface area contributed by atoms with E-state index in [2.05, 4.69) is 15.6 Å². The van der Waals surface area contributed by atoms with Crippen LogP contribution in [0.1, 0.15) is 43.2 Å². The molecule has 2 N–H and O–H groups in total. The summed E-state index contributed by atoms with van der Waals surface area (Å²) >= 11 is 0. The highest BCUT2D eigenvalue weighted by molar-refractivity contribution is 5.91. The Hall–Kier alpha value is -2.28. The molecular formula is C17H23FN4O2. The van der Waals surface area contributed by atoms with Gasteiger partial charge in [0, 0.05) is 6.54 Å². The number of aromatic nitrogens is 3. The number of carbonyl (C=O) groups is 1. The topological polar surface area (TPSA) is 80.0 Å². The van der Waals surface area contributed by atoms with Gasteiger partial charge in [-0.25, -0.2) is 9.07 Å². The Morgan fingerprint density at radius 2 is 2.21 bits per heavy atom. The Morgan fingerprint density at radius 1 is 1.46 bits per heavy atom. The van der Waals surface area contributed by atoms with Crippen molar-refractivity contribution in [2.45, 2.75) is 39.8 Å². The van der Waals surface area contributed by atoms with Crippen molar-refractivity contribution in [3.8, 4) is 0 Å². The third kappa shape index (κ3) is 5.42. The first-order chi connectivity index (χ1) is 11.2. The molecule has 24 heavy (non-hydrogen) atoms. The van der Waals surface area contributed by atoms with Crippen molar-refractivity contribution in [3.05, 3.63) is 47.5 Å². The average molecular weight is 334 g/mol. The SMILES string of the molecule is CC(O)CC(C)(C)CNC(=O)c1cn(Cc2cccc(F)c2)nn1. The summed E-state index contributed by atoms with van der Waals surface area (Å²) in [6, 6.07) is 6.20. The summed E-state index contributed by atoms with van der Waals surface area (Å²) in [7, 11) is 0. The summed E-state index contributed by atoms with van der Waals surface area (Å²) in [5, 5.41) is 20.0. The first-order valence-corrected chi connectivity index (χ1v) is 7.86. The number of nitrogens with one attached hydrogen (secondary N) is 1. The van der Waals surface area contributed by atoms with Crippen LogP contribution in [0.5, 0.6) is 0 Å². The van der Waals surface area contributed by atoms with Crippen LogP contribution in [0.2, 0.25) is 0 Å². The number of nitrogens with zero attached hydrogens (tertiary/aromatic N) is 3. The van der Waals surface area contributed by atoms with Crippen LogP contribution in [-0.4, -0.2) is 38.7 Å². The van der Waals surface area contributed by atoms with Gasteiger partial charge in [0.1, 0.15) is 5.82 Å². The van der Waals surface area contributed by atoms with Crippen LogP contribution >= 0.6 is 0 Å². The highest BCUT2D eigenvalue weighted by Gasteiger charge is 2.22. The monoisotopic (exact) mass is 334 g/mol. The van der Waals surface area contributed by atoms with E-state index in [0.717, 1.165) is 5.56 Å². The second-order valence-corrected chi connectivity index (χ2v) is 6.83. The maximum Gasteiger partial charge on any atom is 0.273 e. The Balaban J connectivity index is 1.93. The lowest BCUT2D eigenvalue weighted by Crippen LogP contribution is -2.35. The molecule has 0 radical (unpaired) electrons. The molecule has 6 nitrogen and oxygen atoms in total. The Morgan fingerprint density at radius 3 is 2.88 bits per heavy atom. The van der Waals surface area contributed by atoms with Crippen LogP contribution in [0, 0.1) is 11.2 Å². The van der Waals surface area contributed by atoms with E-state index in [-0.39, 0.29) is 22.8 Å². The fraction of sp³-hybridized carbons (Fsp3) is 0.471. The van der Waals surface area contributed by atoms with Crippen molar-refractivity contribution in [1.29, 1.82) is 0 Å². The summed E-state index contributed by atoms with van der Waals surface area (Å²) in [6.07, 6.45) is 1.69. The van der Waals surface area contributed by atoms with E-state index in [1.807, 2.05) is 13.8 Å². The number of amides is 1. The predicted molar refractivity (Wildman–Crippen MR) is 87.9 cm³/mol. The molecule has 130 valence electrons. The molecule has 7 heteroatoms. The van der Waals surface area contributed by atoms with Crippen LogP contribution in [0.3, 0.4) is 0 Å². The van der Waals surface area contributed by atoms with Crippen LogP contribution in [0.25, 0.3) is 0 Å². The Kier molecular flexibility index (Phi) is 5.66. The van der Waals surface area contributed by atoms with Gasteiger partial charge in [0.25, 0.3) is 5.91 Å². The van der Waals surface area contributed by atoms with Gasteiger partial charge in [0.2, 0.25) is 0 Å². The average Bonchev–Trinajstić information content (AvgIpc) is 2.92. The molecule has 0 saturated carbocycles. The first-order valence-electron chi connectivity index (χ1n) is 7.86. The van der Waals surface area contributed by atoms with Crippen LogP contribution in [-0.2, 0) is 6.54 Å². The van der Waals surface area contributed by atoms with E-state index in [4.69, 9.17) is 0 Å². The van der Waals surface area contributed by atoms with Gasteiger partial charge in [0.05, 0.1) is 18.8 Å². The molecule has 0 aliphatic rings. The van der Waals surface area contributed by atoms with Crippen LogP contribution in [0.4, 0.5) is 4.39 Å². The van der Waals surface area contributed by atoms with Gasteiger partial charge in [-0.3, -0.25) is 4.79 Å². The lowest BCUT2D eigenvalue weighted by Gasteiger charge is -2.26. The fourth-order valence-electron chi connectivity index (χ4n) is 2.58. The summed E-state index contributed by atoms with van der Waals surface area (Å²) in [4.78, 5) is 12.1. The molecule has 0 fully saturated rings. The summed E-state index contributed by atoms with van der Waals surface area (Å²) in [6.45, 7) is 6.43. The van der Waals surface area contributed by atoms with Crippen molar-refractivity contribution in [2.24, 2.45) is 5.41 Å². The van der Waals surface area contributed by atoms with Crippen LogP contribution in [0.15, 0.2) is 30.5 Å². The minimum absolute atomic E-state index is 0.208. The number of benzene rings is 1. The van der Waals surface area contributed by atoms with Crippen molar-refractivity contribution < 1.29 is 14.3 Å². The molecule has 2 aromatic rings. The Labute approximate surface area is 140 Å². The highest BCUT2D eigenvalue weighted by atomic mass is 19.1. The van der Waals surface area contributed by atoms with Crippen molar-refractivity contribution >= 4 is 5.91 Å². The standard InChI is InChI=1S/C17H23FN4O2/c1-12(23)8-17(2,3)11-19-16(24)15-10-22(21-20-15)9-13-5-4-6-14(18)7-13/h4-7,10,12,23H,8-9,11H2,1-3H3,(H,19,24). The van der Waals surface area contributed by atoms with E-state index < -0.39 is 6.10 Å². The molecule has 1 atom stereocenters. The first kappa shape index (κ1) is 18.1. The second-order valence-electron chi connectivity index (χ2n) is 6.83. The van der Waals surface area contributed by atoms with Gasteiger partial charge in [-0.05, 0) is 36.5 Å². The molecule has 1 aromatic heterocycles. The number of hydrogen-bond donors (Lipinski definition) is 2. The number of aliphatic hydroxyl groups is 1. The number of aliphatic hydroxyl groups excluding tert-OH is 1. The third-order valence-corrected chi connectivity index (χ3v) is 3.58. The molecular weight excluding hydrogens is 311 g/mol. The molecule has 0 bridgehead atoms. The van der Waals surface area contributed by atoms with Gasteiger partial charge < -0.3 is 10.4 Å². The summed E-state index contributed by atoms with van der Waals surface area (Å²) in [5.41, 5.74) is 0.727. The zero-order valence-corrected chi connectivity index (χ0v) is 14.2. The molecule has 2 rings (SSSR count). The minimum atomic E-state index is -0.427. The van der Waals surface area contributed by atoms with E-state index in [0.29, 0.717) is 19.5 Å². The highest BCUT2D eigenvalue weighted by Crippen LogP contribution is 2.21. The molecule has 0 aliphatic carbocycles. The molecule has 0 saturated heterocycles. The zero-order valence-electron chi connectivity index (χ0n) is 14.2. The lowest BCUT2D eigenvalue weighted by molar-refractivity contribution is 0.0897. The number of carbonyl (C=O) groups excluding carboxylic acids is 1. The molecule has 1 aromatic carbocycles. The summed E-state index contributed by atoms with van der Waals surface area (Å²) < 4.78 is 14.7. The molecule has 0 aliphatic heterocycles. The second kappa shape index (κ2) is 7.53. The van der Waals surface area contributed by atoms with E-state index in [1.54, 1.807) is 19.1 Å². The molecule has 1 amide bonds. The zero-order chi connectivity index (χ0) is 17.7. The van der Waals surface area contributed by atoms with Crippen LogP contribution < -0.4 is 5.32 Å². The maximum absolute atomic E-state index is 13.2. The lowest BCUT2D eigenvalue weighted by atomic mass is 9.87. The summed E-state index contributed by atoms with van der Waals surface area (Å²) in [5.74, 6) is -0.634. The van der Waals surface area contributed by atoms with E-state index >= 15 is 0 Å². The molecule has 0 spiro atoms. The van der Waals surface area contributed by atoms with Gasteiger partial charge in [-0.1, -0.05) is 31.2 Å². The van der Waals surface area contributed by atoms with E-state index in [9.17, 15) is 14.3 Å². The number of rotatable bonds is 7. The molecule has 1 heterocycles. The fourth-order valence-corrected chi connectivity index (χ4v) is 2.58. The van der Waals surface area contributed by atoms with E-state index in [1.165, 1.54) is 23.0 Å². The normalized spacial score (nSPS) is 12.9. The Bertz CT molecular complexity index is 697. The number of hydrogen-bond acceptors (Lipinski definition) is 4. The number of halogens is 1. The largest absolute Gasteiger partial charge is 0.393 e. The predicted octanol–water partition coefficient (Wildman–Crippen LogP) is 1.99. The van der Waals surface area contributed by atoms with Gasteiger partial charge in [-0.15, -0.1) is 5.10 Å². The van der Waals surface area contributed by atoms with Gasteiger partial charge >= 0.3 is 0 Å². The van der Waals surface area contributed by atoms with Gasteiger partial charge in [-0.2, -0.15) is 0 Å². The van der Waals surface area contributed by atoms with Gasteiger partial charge in [0.15, 0.2) is 5.69 Å². The van der Waals surface area contributed by atoms with Crippen molar-refractivity contribution in [1.82, 2.24) is 20.3 Å². The maximum atomic E-state index is 13.2. The third-order valence-electron chi connectivity index (χ3n) is 3.58. The van der Waals surface area contributed by atoms with Crippen molar-refractivity contribution in [3.63, 3.8) is 0 Å². The van der Waals surface area contributed by atoms with Crippen molar-refractivity contribution in [2.75, 3.05) is 6.54 Å². The smallest absolute Gasteiger partial charge is 0.273 e. The quantitative estimate of drug-likeness (QED) is 0.811. The minimum Gasteiger partial charge on any atom is -0.393 e. The molecule has 1 unspecified atom stereocenters.